The van der Waals surface area contributed by atoms with Crippen LogP contribution >= 0.6 is 15.9 Å². The van der Waals surface area contributed by atoms with Crippen molar-refractivity contribution in [3.8, 4) is 0 Å². The molecule has 0 atom stereocenters. The summed E-state index contributed by atoms with van der Waals surface area (Å²) in [6.07, 6.45) is 2.10. The van der Waals surface area contributed by atoms with Gasteiger partial charge in [0.05, 0.1) is 22.3 Å². The van der Waals surface area contributed by atoms with E-state index >= 15 is 0 Å². The lowest BCUT2D eigenvalue weighted by atomic mass is 9.99. The van der Waals surface area contributed by atoms with Crippen molar-refractivity contribution in [3.05, 3.63) is 51.3 Å². The van der Waals surface area contributed by atoms with E-state index in [1.54, 1.807) is 4.68 Å². The van der Waals surface area contributed by atoms with E-state index in [0.717, 1.165) is 39.8 Å². The molecule has 0 aliphatic carbocycles. The van der Waals surface area contributed by atoms with Crippen LogP contribution < -0.4 is 0 Å². The predicted molar refractivity (Wildman–Crippen MR) is 84.1 cm³/mol. The summed E-state index contributed by atoms with van der Waals surface area (Å²) in [5.41, 5.74) is 3.87. The topological polar surface area (TPSA) is 34.9 Å². The summed E-state index contributed by atoms with van der Waals surface area (Å²) in [5, 5.41) is 4.44. The minimum atomic E-state index is 0.147. The fourth-order valence-electron chi connectivity index (χ4n) is 2.36. The molecule has 0 amide bonds. The Bertz CT molecular complexity index is 631. The molecule has 4 heteroatoms. The number of rotatable bonds is 5. The summed E-state index contributed by atoms with van der Waals surface area (Å²) in [4.78, 5) is 12.5. The fourth-order valence-corrected chi connectivity index (χ4v) is 3.12. The Morgan fingerprint density at radius 1 is 1.25 bits per heavy atom. The third-order valence-electron chi connectivity index (χ3n) is 3.53. The zero-order valence-electron chi connectivity index (χ0n) is 12.1. The van der Waals surface area contributed by atoms with Crippen molar-refractivity contribution >= 4 is 21.7 Å². The number of benzene rings is 1. The van der Waals surface area contributed by atoms with Gasteiger partial charge in [-0.3, -0.25) is 9.48 Å². The molecule has 106 valence electrons. The van der Waals surface area contributed by atoms with Crippen LogP contribution in [-0.2, 0) is 26.3 Å². The van der Waals surface area contributed by atoms with Crippen LogP contribution in [0.2, 0.25) is 0 Å². The van der Waals surface area contributed by atoms with E-state index in [9.17, 15) is 4.79 Å². The van der Waals surface area contributed by atoms with E-state index in [0.29, 0.717) is 6.42 Å². The summed E-state index contributed by atoms with van der Waals surface area (Å²) >= 11 is 3.56. The van der Waals surface area contributed by atoms with Gasteiger partial charge < -0.3 is 0 Å². The van der Waals surface area contributed by atoms with Crippen LogP contribution in [0.3, 0.4) is 0 Å². The first kappa shape index (κ1) is 15.0. The summed E-state index contributed by atoms with van der Waals surface area (Å²) in [6.45, 7) is 4.13. The van der Waals surface area contributed by atoms with Crippen LogP contribution in [-0.4, -0.2) is 15.6 Å². The highest BCUT2D eigenvalue weighted by atomic mass is 79.9. The van der Waals surface area contributed by atoms with E-state index in [1.807, 2.05) is 31.3 Å². The van der Waals surface area contributed by atoms with E-state index in [4.69, 9.17) is 0 Å². The standard InChI is InChI=1S/C16H19BrN2O/c1-4-11-8-6-7-9-12(11)15(20)10-14-16(17)13(5-2)18-19(14)3/h6-9H,4-5,10H2,1-3H3. The van der Waals surface area contributed by atoms with Crippen molar-refractivity contribution < 1.29 is 4.79 Å². The molecule has 0 aliphatic heterocycles. The quantitative estimate of drug-likeness (QED) is 0.781. The molecular formula is C16H19BrN2O. The number of carbonyl (C=O) groups is 1. The van der Waals surface area contributed by atoms with Gasteiger partial charge in [-0.25, -0.2) is 0 Å². The smallest absolute Gasteiger partial charge is 0.169 e. The molecular weight excluding hydrogens is 316 g/mol. The first-order chi connectivity index (χ1) is 9.58. The van der Waals surface area contributed by atoms with Crippen molar-refractivity contribution in [2.75, 3.05) is 0 Å². The van der Waals surface area contributed by atoms with Gasteiger partial charge in [0, 0.05) is 12.6 Å². The summed E-state index contributed by atoms with van der Waals surface area (Å²) in [6, 6.07) is 7.82. The molecule has 0 N–H and O–H groups in total. The Labute approximate surface area is 128 Å². The number of hydrogen-bond donors (Lipinski definition) is 0. The van der Waals surface area contributed by atoms with Crippen molar-refractivity contribution in [1.29, 1.82) is 0 Å². The molecule has 0 spiro atoms. The Kier molecular flexibility index (Phi) is 4.76. The predicted octanol–water partition coefficient (Wildman–Crippen LogP) is 3.73. The van der Waals surface area contributed by atoms with Crippen molar-refractivity contribution in [2.45, 2.75) is 33.1 Å². The molecule has 0 fully saturated rings. The van der Waals surface area contributed by atoms with E-state index in [1.165, 1.54) is 0 Å². The van der Waals surface area contributed by atoms with Gasteiger partial charge in [0.15, 0.2) is 5.78 Å². The Morgan fingerprint density at radius 2 is 1.95 bits per heavy atom. The van der Waals surface area contributed by atoms with Crippen molar-refractivity contribution in [2.24, 2.45) is 7.05 Å². The maximum absolute atomic E-state index is 12.5. The second kappa shape index (κ2) is 6.35. The Balaban J connectivity index is 2.30. The second-order valence-electron chi connectivity index (χ2n) is 4.80. The highest BCUT2D eigenvalue weighted by Crippen LogP contribution is 2.23. The maximum Gasteiger partial charge on any atom is 0.169 e. The average Bonchev–Trinajstić information content (AvgIpc) is 2.74. The van der Waals surface area contributed by atoms with Gasteiger partial charge in [-0.05, 0) is 34.3 Å². The van der Waals surface area contributed by atoms with Crippen LogP contribution in [0, 0.1) is 0 Å². The van der Waals surface area contributed by atoms with Crippen LogP contribution in [0.1, 0.15) is 41.2 Å². The first-order valence-electron chi connectivity index (χ1n) is 6.89. The highest BCUT2D eigenvalue weighted by molar-refractivity contribution is 9.10. The maximum atomic E-state index is 12.5. The largest absolute Gasteiger partial charge is 0.294 e. The molecule has 2 aromatic rings. The third kappa shape index (κ3) is 2.85. The normalized spacial score (nSPS) is 10.8. The first-order valence-corrected chi connectivity index (χ1v) is 7.69. The van der Waals surface area contributed by atoms with Gasteiger partial charge >= 0.3 is 0 Å². The van der Waals surface area contributed by atoms with Gasteiger partial charge in [0.1, 0.15) is 0 Å². The molecule has 3 nitrogen and oxygen atoms in total. The third-order valence-corrected chi connectivity index (χ3v) is 4.45. The van der Waals surface area contributed by atoms with Gasteiger partial charge in [-0.2, -0.15) is 5.10 Å². The van der Waals surface area contributed by atoms with E-state index in [-0.39, 0.29) is 5.78 Å². The Hall–Kier alpha value is -1.42. The molecule has 1 heterocycles. The zero-order chi connectivity index (χ0) is 14.7. The molecule has 0 aliphatic rings. The fraction of sp³-hybridized carbons (Fsp3) is 0.375. The molecule has 0 unspecified atom stereocenters. The van der Waals surface area contributed by atoms with E-state index < -0.39 is 0 Å². The number of halogens is 1. The lowest BCUT2D eigenvalue weighted by Crippen LogP contribution is -2.10. The zero-order valence-corrected chi connectivity index (χ0v) is 13.7. The van der Waals surface area contributed by atoms with Gasteiger partial charge in [-0.1, -0.05) is 38.1 Å². The molecule has 0 bridgehead atoms. The Morgan fingerprint density at radius 3 is 2.55 bits per heavy atom. The molecule has 2 rings (SSSR count). The minimum Gasteiger partial charge on any atom is -0.294 e. The van der Waals surface area contributed by atoms with Crippen LogP contribution in [0.5, 0.6) is 0 Å². The van der Waals surface area contributed by atoms with Crippen LogP contribution in [0.25, 0.3) is 0 Å². The van der Waals surface area contributed by atoms with Gasteiger partial charge in [-0.15, -0.1) is 0 Å². The van der Waals surface area contributed by atoms with Gasteiger partial charge in [0.2, 0.25) is 0 Å². The van der Waals surface area contributed by atoms with Crippen LogP contribution in [0.4, 0.5) is 0 Å². The van der Waals surface area contributed by atoms with Crippen molar-refractivity contribution in [1.82, 2.24) is 9.78 Å². The SMILES string of the molecule is CCc1ccccc1C(=O)Cc1c(Br)c(CC)nn1C. The number of Topliss-reactive ketones (excluding diaryl/α,β-unsaturated/α-hetero) is 1. The summed E-state index contributed by atoms with van der Waals surface area (Å²) in [5.74, 6) is 0.147. The highest BCUT2D eigenvalue weighted by Gasteiger charge is 2.18. The van der Waals surface area contributed by atoms with E-state index in [2.05, 4.69) is 34.9 Å². The monoisotopic (exact) mass is 334 g/mol. The molecule has 1 aromatic carbocycles. The summed E-state index contributed by atoms with van der Waals surface area (Å²) in [7, 11) is 1.89. The molecule has 20 heavy (non-hydrogen) atoms. The second-order valence-corrected chi connectivity index (χ2v) is 5.59. The van der Waals surface area contributed by atoms with Gasteiger partial charge in [0.25, 0.3) is 0 Å². The minimum absolute atomic E-state index is 0.147. The number of nitrogens with zero attached hydrogens (tertiary/aromatic N) is 2. The molecule has 0 saturated heterocycles. The van der Waals surface area contributed by atoms with Crippen LogP contribution in [0.15, 0.2) is 28.7 Å². The van der Waals surface area contributed by atoms with Crippen molar-refractivity contribution in [3.63, 3.8) is 0 Å². The molecule has 1 aromatic heterocycles. The number of ketones is 1. The number of carbonyl (C=O) groups excluding carboxylic acids is 1. The lowest BCUT2D eigenvalue weighted by molar-refractivity contribution is 0.0989. The lowest BCUT2D eigenvalue weighted by Gasteiger charge is -2.07. The average molecular weight is 335 g/mol. The molecule has 0 radical (unpaired) electrons. The number of aromatic nitrogens is 2. The number of hydrogen-bond acceptors (Lipinski definition) is 2. The summed E-state index contributed by atoms with van der Waals surface area (Å²) < 4.78 is 2.76. The molecule has 0 saturated carbocycles. The number of aryl methyl sites for hydroxylation is 3.